The summed E-state index contributed by atoms with van der Waals surface area (Å²) >= 11 is 0. The number of hydrogen-bond donors (Lipinski definition) is 1. The van der Waals surface area contributed by atoms with E-state index in [9.17, 15) is 13.6 Å². The van der Waals surface area contributed by atoms with Crippen LogP contribution in [0.1, 0.15) is 42.6 Å². The van der Waals surface area contributed by atoms with Crippen LogP contribution in [0.25, 0.3) is 22.3 Å². The number of aryl methyl sites for hydroxylation is 2. The Morgan fingerprint density at radius 2 is 1.97 bits per heavy atom. The van der Waals surface area contributed by atoms with E-state index in [1.165, 1.54) is 10.7 Å². The van der Waals surface area contributed by atoms with Gasteiger partial charge in [0.15, 0.2) is 5.65 Å². The Kier molecular flexibility index (Phi) is 5.98. The second-order valence-electron chi connectivity index (χ2n) is 7.68. The van der Waals surface area contributed by atoms with Gasteiger partial charge >= 0.3 is 0 Å². The van der Waals surface area contributed by atoms with Crippen molar-refractivity contribution in [3.05, 3.63) is 65.6 Å². The van der Waals surface area contributed by atoms with Crippen LogP contribution >= 0.6 is 0 Å². The van der Waals surface area contributed by atoms with E-state index in [1.807, 2.05) is 37.3 Å². The zero-order valence-electron chi connectivity index (χ0n) is 18.1. The van der Waals surface area contributed by atoms with E-state index < -0.39 is 6.43 Å². The molecule has 0 spiro atoms. The maximum atomic E-state index is 13.9. The van der Waals surface area contributed by atoms with Crippen LogP contribution in [0, 0.1) is 6.92 Å². The molecule has 9 heteroatoms. The molecule has 0 saturated carbocycles. The lowest BCUT2D eigenvalue weighted by Crippen LogP contribution is -2.31. The predicted molar refractivity (Wildman–Crippen MR) is 117 cm³/mol. The van der Waals surface area contributed by atoms with Crippen LogP contribution in [-0.2, 0) is 18.4 Å². The molecular weight excluding hydrogens is 414 g/mol. The number of carbonyl (C=O) groups is 1. The molecule has 0 aliphatic carbocycles. The van der Waals surface area contributed by atoms with Crippen molar-refractivity contribution in [2.75, 3.05) is 0 Å². The molecule has 0 aliphatic rings. The topological polar surface area (TPSA) is 77.6 Å². The van der Waals surface area contributed by atoms with Gasteiger partial charge in [0.2, 0.25) is 5.91 Å². The van der Waals surface area contributed by atoms with Gasteiger partial charge in [-0.3, -0.25) is 9.48 Å². The first kappa shape index (κ1) is 21.6. The number of amides is 1. The van der Waals surface area contributed by atoms with E-state index in [1.54, 1.807) is 31.0 Å². The largest absolute Gasteiger partial charge is 0.348 e. The maximum absolute atomic E-state index is 13.9. The Morgan fingerprint density at radius 3 is 2.59 bits per heavy atom. The third kappa shape index (κ3) is 4.23. The molecule has 0 saturated heterocycles. The molecule has 32 heavy (non-hydrogen) atoms. The van der Waals surface area contributed by atoms with Crippen LogP contribution in [-0.4, -0.2) is 30.5 Å². The molecule has 3 heterocycles. The molecule has 1 N–H and O–H groups in total. The fraction of sp³-hybridized carbons (Fsp3) is 0.304. The quantitative estimate of drug-likeness (QED) is 0.466. The molecule has 1 atom stereocenters. The number of aromatic nitrogens is 5. The number of benzene rings is 1. The van der Waals surface area contributed by atoms with Crippen LogP contribution in [0.3, 0.4) is 0 Å². The zero-order valence-corrected chi connectivity index (χ0v) is 18.1. The van der Waals surface area contributed by atoms with Crippen LogP contribution in [0.2, 0.25) is 0 Å². The number of alkyl halides is 2. The van der Waals surface area contributed by atoms with Crippen molar-refractivity contribution < 1.29 is 13.6 Å². The summed E-state index contributed by atoms with van der Waals surface area (Å²) in [6.07, 6.45) is 1.28. The summed E-state index contributed by atoms with van der Waals surface area (Å²) in [5, 5.41) is 11.7. The lowest BCUT2D eigenvalue weighted by atomic mass is 10.0. The molecule has 4 rings (SSSR count). The fourth-order valence-corrected chi connectivity index (χ4v) is 3.85. The number of rotatable bonds is 7. The second kappa shape index (κ2) is 8.86. The Labute approximate surface area is 184 Å². The van der Waals surface area contributed by atoms with Crippen molar-refractivity contribution in [3.8, 4) is 11.3 Å². The van der Waals surface area contributed by atoms with E-state index in [0.29, 0.717) is 23.4 Å². The van der Waals surface area contributed by atoms with Crippen molar-refractivity contribution in [3.63, 3.8) is 0 Å². The highest BCUT2D eigenvalue weighted by molar-refractivity contribution is 5.87. The molecule has 0 aliphatic heterocycles. The Morgan fingerprint density at radius 1 is 1.22 bits per heavy atom. The highest BCUT2D eigenvalue weighted by Crippen LogP contribution is 2.33. The number of halogens is 2. The van der Waals surface area contributed by atoms with Gasteiger partial charge in [0.05, 0.1) is 29.0 Å². The summed E-state index contributed by atoms with van der Waals surface area (Å²) in [7, 11) is 1.74. The number of pyridine rings is 1. The Hall–Kier alpha value is -3.62. The summed E-state index contributed by atoms with van der Waals surface area (Å²) in [4.78, 5) is 17.4. The molecule has 1 amide bonds. The van der Waals surface area contributed by atoms with Crippen LogP contribution < -0.4 is 5.32 Å². The monoisotopic (exact) mass is 438 g/mol. The third-order valence-electron chi connectivity index (χ3n) is 5.38. The highest BCUT2D eigenvalue weighted by Gasteiger charge is 2.23. The smallest absolute Gasteiger partial charge is 0.264 e. The molecule has 1 unspecified atom stereocenters. The molecule has 1 aromatic carbocycles. The number of fused-ring (bicyclic) bond motifs is 1. The van der Waals surface area contributed by atoms with Crippen LogP contribution in [0.5, 0.6) is 0 Å². The van der Waals surface area contributed by atoms with Crippen molar-refractivity contribution in [1.82, 2.24) is 29.9 Å². The Bertz CT molecular complexity index is 1250. The van der Waals surface area contributed by atoms with Gasteiger partial charge in [-0.15, -0.1) is 0 Å². The second-order valence-corrected chi connectivity index (χ2v) is 7.68. The summed E-state index contributed by atoms with van der Waals surface area (Å²) < 4.78 is 30.8. The molecule has 3 aromatic heterocycles. The minimum atomic E-state index is -2.70. The molecule has 166 valence electrons. The first-order valence-corrected chi connectivity index (χ1v) is 10.4. The number of hydrogen-bond acceptors (Lipinski definition) is 4. The van der Waals surface area contributed by atoms with Gasteiger partial charge < -0.3 is 5.32 Å². The molecular formula is C23H24F2N6O. The SMILES string of the molecule is CCC(NC(=O)Cn1nc(C)c2c(C(F)F)cc(-c3cnn(C)c3)nc21)c1ccccc1. The minimum absolute atomic E-state index is 0.125. The summed E-state index contributed by atoms with van der Waals surface area (Å²) in [5.41, 5.74) is 2.47. The third-order valence-corrected chi connectivity index (χ3v) is 5.38. The van der Waals surface area contributed by atoms with E-state index in [2.05, 4.69) is 20.5 Å². The maximum Gasteiger partial charge on any atom is 0.264 e. The van der Waals surface area contributed by atoms with Crippen LogP contribution in [0.4, 0.5) is 8.78 Å². The van der Waals surface area contributed by atoms with Gasteiger partial charge in [0, 0.05) is 24.4 Å². The molecule has 0 bridgehead atoms. The zero-order chi connectivity index (χ0) is 22.8. The molecule has 0 fully saturated rings. The fourth-order valence-electron chi connectivity index (χ4n) is 3.85. The average molecular weight is 438 g/mol. The summed E-state index contributed by atoms with van der Waals surface area (Å²) in [6, 6.07) is 10.9. The lowest BCUT2D eigenvalue weighted by Gasteiger charge is -2.17. The van der Waals surface area contributed by atoms with Crippen molar-refractivity contribution in [2.24, 2.45) is 7.05 Å². The van der Waals surface area contributed by atoms with E-state index in [0.717, 1.165) is 5.56 Å². The van der Waals surface area contributed by atoms with E-state index >= 15 is 0 Å². The molecule has 0 radical (unpaired) electrons. The van der Waals surface area contributed by atoms with Crippen molar-refractivity contribution in [2.45, 2.75) is 39.3 Å². The summed E-state index contributed by atoms with van der Waals surface area (Å²) in [5.74, 6) is -0.266. The van der Waals surface area contributed by atoms with Gasteiger partial charge in [0.25, 0.3) is 6.43 Å². The number of nitrogens with zero attached hydrogens (tertiary/aromatic N) is 5. The van der Waals surface area contributed by atoms with E-state index in [-0.39, 0.29) is 35.1 Å². The van der Waals surface area contributed by atoms with Crippen molar-refractivity contribution >= 4 is 16.9 Å². The number of nitrogens with one attached hydrogen (secondary N) is 1. The lowest BCUT2D eigenvalue weighted by molar-refractivity contribution is -0.122. The van der Waals surface area contributed by atoms with Gasteiger partial charge in [-0.25, -0.2) is 18.4 Å². The predicted octanol–water partition coefficient (Wildman–Crippen LogP) is 4.35. The normalized spacial score (nSPS) is 12.4. The highest BCUT2D eigenvalue weighted by atomic mass is 19.3. The average Bonchev–Trinajstić information content (AvgIpc) is 3.35. The minimum Gasteiger partial charge on any atom is -0.348 e. The molecule has 7 nitrogen and oxygen atoms in total. The first-order chi connectivity index (χ1) is 15.4. The first-order valence-electron chi connectivity index (χ1n) is 10.4. The van der Waals surface area contributed by atoms with Gasteiger partial charge in [0.1, 0.15) is 6.54 Å². The van der Waals surface area contributed by atoms with Gasteiger partial charge in [-0.1, -0.05) is 37.3 Å². The van der Waals surface area contributed by atoms with E-state index in [4.69, 9.17) is 0 Å². The van der Waals surface area contributed by atoms with Gasteiger partial charge in [-0.2, -0.15) is 10.2 Å². The van der Waals surface area contributed by atoms with Crippen LogP contribution in [0.15, 0.2) is 48.8 Å². The van der Waals surface area contributed by atoms with Crippen molar-refractivity contribution in [1.29, 1.82) is 0 Å². The standard InChI is InChI=1S/C23H24F2N6O/c1-4-18(15-8-6-5-7-9-15)27-20(32)13-31-23-21(14(2)29-31)17(22(24)25)10-19(28-23)16-11-26-30(3)12-16/h5-12,18,22H,4,13H2,1-3H3,(H,27,32). The molecule has 4 aromatic rings. The number of carbonyl (C=O) groups excluding carboxylic acids is 1. The van der Waals surface area contributed by atoms with Gasteiger partial charge in [-0.05, 0) is 25.0 Å². The Balaban J connectivity index is 1.69. The summed E-state index contributed by atoms with van der Waals surface area (Å²) in [6.45, 7) is 3.51.